The highest BCUT2D eigenvalue weighted by Crippen LogP contribution is 2.18. The van der Waals surface area contributed by atoms with Gasteiger partial charge in [0.05, 0.1) is 11.4 Å². The number of anilines is 2. The van der Waals surface area contributed by atoms with Gasteiger partial charge in [0.15, 0.2) is 0 Å². The van der Waals surface area contributed by atoms with E-state index in [9.17, 15) is 0 Å². The molecule has 0 unspecified atom stereocenters. The Balaban J connectivity index is 2.53. The molecule has 0 fully saturated rings. The molecule has 0 spiro atoms. The van der Waals surface area contributed by atoms with Gasteiger partial charge in [0.2, 0.25) is 5.95 Å². The van der Waals surface area contributed by atoms with Crippen molar-refractivity contribution in [3.05, 3.63) is 18.3 Å². The maximum Gasteiger partial charge on any atom is 0.222 e. The molecule has 0 amide bonds. The quantitative estimate of drug-likeness (QED) is 0.743. The molecule has 4 N–H and O–H groups in total. The van der Waals surface area contributed by atoms with Crippen LogP contribution in [0.1, 0.15) is 6.92 Å². The maximum atomic E-state index is 5.60. The molecule has 2 rings (SSSR count). The first kappa shape index (κ1) is 9.45. The summed E-state index contributed by atoms with van der Waals surface area (Å²) in [6.07, 6.45) is 1.72. The fourth-order valence-corrected chi connectivity index (χ4v) is 1.42. The van der Waals surface area contributed by atoms with Crippen molar-refractivity contribution < 1.29 is 0 Å². The van der Waals surface area contributed by atoms with Crippen molar-refractivity contribution >= 4 is 11.8 Å². The van der Waals surface area contributed by atoms with Crippen molar-refractivity contribution in [1.29, 1.82) is 0 Å². The van der Waals surface area contributed by atoms with Gasteiger partial charge >= 0.3 is 0 Å². The molecule has 0 aliphatic rings. The summed E-state index contributed by atoms with van der Waals surface area (Å²) in [5.74, 6) is 0.537. The Morgan fingerprint density at radius 2 is 2.13 bits per heavy atom. The van der Waals surface area contributed by atoms with Crippen LogP contribution in [0.4, 0.5) is 11.8 Å². The highest BCUT2D eigenvalue weighted by molar-refractivity contribution is 5.59. The Hall–Kier alpha value is -2.11. The van der Waals surface area contributed by atoms with Crippen LogP contribution < -0.4 is 11.5 Å². The van der Waals surface area contributed by atoms with Gasteiger partial charge in [0.25, 0.3) is 0 Å². The number of nitrogens with two attached hydrogens (primary N) is 2. The summed E-state index contributed by atoms with van der Waals surface area (Å²) in [7, 11) is 0. The topological polar surface area (TPSA) is 95.6 Å². The van der Waals surface area contributed by atoms with E-state index < -0.39 is 0 Å². The first-order valence-electron chi connectivity index (χ1n) is 4.63. The first-order chi connectivity index (χ1) is 7.20. The minimum absolute atomic E-state index is 0.175. The van der Waals surface area contributed by atoms with Crippen LogP contribution in [0.5, 0.6) is 0 Å². The van der Waals surface area contributed by atoms with Gasteiger partial charge in [0.1, 0.15) is 5.82 Å². The molecular weight excluding hydrogens is 192 g/mol. The molecule has 0 bridgehead atoms. The van der Waals surface area contributed by atoms with E-state index in [0.29, 0.717) is 11.5 Å². The molecule has 6 heteroatoms. The maximum absolute atomic E-state index is 5.60. The van der Waals surface area contributed by atoms with Crippen molar-refractivity contribution in [3.63, 3.8) is 0 Å². The highest BCUT2D eigenvalue weighted by Gasteiger charge is 2.07. The van der Waals surface area contributed by atoms with E-state index in [1.54, 1.807) is 12.3 Å². The van der Waals surface area contributed by atoms with E-state index in [1.165, 1.54) is 0 Å². The van der Waals surface area contributed by atoms with Crippen LogP contribution in [-0.2, 0) is 6.54 Å². The van der Waals surface area contributed by atoms with Gasteiger partial charge in [0, 0.05) is 18.8 Å². The van der Waals surface area contributed by atoms with Crippen molar-refractivity contribution in [2.24, 2.45) is 0 Å². The van der Waals surface area contributed by atoms with Crippen molar-refractivity contribution in [3.8, 4) is 11.4 Å². The van der Waals surface area contributed by atoms with E-state index in [-0.39, 0.29) is 5.95 Å². The van der Waals surface area contributed by atoms with Crippen LogP contribution in [0, 0.1) is 0 Å². The molecule has 0 aliphatic heterocycles. The average molecular weight is 204 g/mol. The number of aromatic nitrogens is 4. The van der Waals surface area contributed by atoms with E-state index in [2.05, 4.69) is 15.1 Å². The fourth-order valence-electron chi connectivity index (χ4n) is 1.42. The van der Waals surface area contributed by atoms with Crippen LogP contribution in [0.25, 0.3) is 11.4 Å². The molecular formula is C9H12N6. The van der Waals surface area contributed by atoms with Crippen LogP contribution in [0.2, 0.25) is 0 Å². The Labute approximate surface area is 86.9 Å². The monoisotopic (exact) mass is 204 g/mol. The predicted octanol–water partition coefficient (Wildman–Crippen LogP) is 0.524. The highest BCUT2D eigenvalue weighted by atomic mass is 15.3. The zero-order valence-corrected chi connectivity index (χ0v) is 8.38. The number of aryl methyl sites for hydroxylation is 1. The molecule has 0 saturated carbocycles. The molecule has 0 aliphatic carbocycles. The zero-order valence-electron chi connectivity index (χ0n) is 8.38. The van der Waals surface area contributed by atoms with Crippen molar-refractivity contribution in [1.82, 2.24) is 19.7 Å². The summed E-state index contributed by atoms with van der Waals surface area (Å²) in [5, 5.41) is 4.15. The standard InChI is InChI=1S/C9H12N6/c1-2-15-7(3-4-12-15)6-5-8(10)14-9(11)13-6/h3-5H,2H2,1H3,(H4,10,11,13,14). The fraction of sp³-hybridized carbons (Fsp3) is 0.222. The molecule has 0 radical (unpaired) electrons. The number of nitrogens with zero attached hydrogens (tertiary/aromatic N) is 4. The first-order valence-corrected chi connectivity index (χ1v) is 4.63. The van der Waals surface area contributed by atoms with Crippen LogP contribution in [-0.4, -0.2) is 19.7 Å². The van der Waals surface area contributed by atoms with Gasteiger partial charge in [-0.2, -0.15) is 10.1 Å². The Kier molecular flexibility index (Phi) is 2.24. The second-order valence-corrected chi connectivity index (χ2v) is 3.07. The van der Waals surface area contributed by atoms with E-state index in [1.807, 2.05) is 17.7 Å². The van der Waals surface area contributed by atoms with Gasteiger partial charge in [-0.15, -0.1) is 0 Å². The molecule has 15 heavy (non-hydrogen) atoms. The Morgan fingerprint density at radius 1 is 1.33 bits per heavy atom. The third kappa shape index (κ3) is 1.74. The third-order valence-corrected chi connectivity index (χ3v) is 2.04. The summed E-state index contributed by atoms with van der Waals surface area (Å²) >= 11 is 0. The lowest BCUT2D eigenvalue weighted by Gasteiger charge is -2.05. The third-order valence-electron chi connectivity index (χ3n) is 2.04. The lowest BCUT2D eigenvalue weighted by Crippen LogP contribution is -2.04. The molecule has 78 valence electrons. The predicted molar refractivity (Wildman–Crippen MR) is 57.8 cm³/mol. The molecule has 6 nitrogen and oxygen atoms in total. The van der Waals surface area contributed by atoms with Gasteiger partial charge in [-0.1, -0.05) is 0 Å². The normalized spacial score (nSPS) is 10.5. The summed E-state index contributed by atoms with van der Waals surface area (Å²) < 4.78 is 1.82. The zero-order chi connectivity index (χ0) is 10.8. The van der Waals surface area contributed by atoms with Gasteiger partial charge < -0.3 is 11.5 Å². The van der Waals surface area contributed by atoms with Crippen LogP contribution in [0.3, 0.4) is 0 Å². The molecule has 2 aromatic heterocycles. The largest absolute Gasteiger partial charge is 0.384 e. The summed E-state index contributed by atoms with van der Waals surface area (Å²) in [4.78, 5) is 7.93. The Bertz CT molecular complexity index is 455. The second-order valence-electron chi connectivity index (χ2n) is 3.07. The molecule has 2 aromatic rings. The number of nitrogen functional groups attached to an aromatic ring is 2. The summed E-state index contributed by atoms with van der Waals surface area (Å²) in [6, 6.07) is 3.55. The number of hydrogen-bond donors (Lipinski definition) is 2. The lowest BCUT2D eigenvalue weighted by atomic mass is 10.3. The Morgan fingerprint density at radius 3 is 2.80 bits per heavy atom. The van der Waals surface area contributed by atoms with Gasteiger partial charge in [-0.25, -0.2) is 4.98 Å². The van der Waals surface area contributed by atoms with E-state index >= 15 is 0 Å². The van der Waals surface area contributed by atoms with Crippen molar-refractivity contribution in [2.75, 3.05) is 11.5 Å². The molecule has 0 atom stereocenters. The summed E-state index contributed by atoms with van der Waals surface area (Å²) in [6.45, 7) is 2.77. The molecule has 2 heterocycles. The number of hydrogen-bond acceptors (Lipinski definition) is 5. The molecule has 0 aromatic carbocycles. The average Bonchev–Trinajstić information content (AvgIpc) is 2.63. The molecule has 0 saturated heterocycles. The van der Waals surface area contributed by atoms with Crippen LogP contribution >= 0.6 is 0 Å². The minimum Gasteiger partial charge on any atom is -0.384 e. The van der Waals surface area contributed by atoms with Crippen LogP contribution in [0.15, 0.2) is 18.3 Å². The van der Waals surface area contributed by atoms with Gasteiger partial charge in [-0.3, -0.25) is 4.68 Å². The second kappa shape index (κ2) is 3.56. The lowest BCUT2D eigenvalue weighted by molar-refractivity contribution is 0.665. The van der Waals surface area contributed by atoms with E-state index in [0.717, 1.165) is 12.2 Å². The van der Waals surface area contributed by atoms with E-state index in [4.69, 9.17) is 11.5 Å². The SMILES string of the molecule is CCn1nccc1-c1cc(N)nc(N)n1. The van der Waals surface area contributed by atoms with Crippen molar-refractivity contribution in [2.45, 2.75) is 13.5 Å². The van der Waals surface area contributed by atoms with Gasteiger partial charge in [-0.05, 0) is 13.0 Å². The number of rotatable bonds is 2. The summed E-state index contributed by atoms with van der Waals surface area (Å²) in [5.41, 5.74) is 12.7. The smallest absolute Gasteiger partial charge is 0.222 e. The minimum atomic E-state index is 0.175.